The van der Waals surface area contributed by atoms with Crippen LogP contribution >= 0.6 is 0 Å². The van der Waals surface area contributed by atoms with Crippen LogP contribution in [0.1, 0.15) is 18.1 Å². The second-order valence-electron chi connectivity index (χ2n) is 4.30. The number of aryl methyl sites for hydroxylation is 1. The smallest absolute Gasteiger partial charge is 0.224 e. The summed E-state index contributed by atoms with van der Waals surface area (Å²) in [4.78, 5) is 11.9. The summed E-state index contributed by atoms with van der Waals surface area (Å²) in [7, 11) is 3.11. The van der Waals surface area contributed by atoms with Gasteiger partial charge in [-0.15, -0.1) is 0 Å². The largest absolute Gasteiger partial charge is 0.354 e. The van der Waals surface area contributed by atoms with Gasteiger partial charge in [-0.3, -0.25) is 4.79 Å². The van der Waals surface area contributed by atoms with Gasteiger partial charge in [-0.1, -0.05) is 24.3 Å². The molecule has 1 aromatic carbocycles. The Morgan fingerprint density at radius 2 is 1.89 bits per heavy atom. The predicted molar refractivity (Wildman–Crippen MR) is 70.3 cm³/mol. The number of nitrogens with one attached hydrogen (secondary N) is 1. The number of hydrogen-bond donors (Lipinski definition) is 1. The van der Waals surface area contributed by atoms with Gasteiger partial charge in [-0.25, -0.2) is 0 Å². The van der Waals surface area contributed by atoms with E-state index in [1.54, 1.807) is 14.2 Å². The molecule has 0 aliphatic heterocycles. The van der Waals surface area contributed by atoms with Crippen molar-refractivity contribution in [2.24, 2.45) is 0 Å². The lowest BCUT2D eigenvalue weighted by Crippen LogP contribution is -2.43. The molecule has 1 amide bonds. The van der Waals surface area contributed by atoms with E-state index >= 15 is 0 Å². The van der Waals surface area contributed by atoms with Gasteiger partial charge >= 0.3 is 0 Å². The molecule has 0 heterocycles. The number of methoxy groups -OCH3 is 2. The molecule has 0 aliphatic carbocycles. The van der Waals surface area contributed by atoms with Crippen molar-refractivity contribution >= 4 is 5.91 Å². The van der Waals surface area contributed by atoms with Crippen molar-refractivity contribution in [3.63, 3.8) is 0 Å². The minimum Gasteiger partial charge on any atom is -0.354 e. The number of carbonyl (C=O) groups excluding carboxylic acids is 1. The molecule has 0 saturated carbocycles. The first-order chi connectivity index (χ1) is 8.58. The van der Waals surface area contributed by atoms with E-state index in [-0.39, 0.29) is 11.9 Å². The monoisotopic (exact) mass is 251 g/mol. The molecule has 0 aromatic heterocycles. The quantitative estimate of drug-likeness (QED) is 0.782. The summed E-state index contributed by atoms with van der Waals surface area (Å²) in [6, 6.07) is 7.68. The van der Waals surface area contributed by atoms with Gasteiger partial charge in [0.1, 0.15) is 0 Å². The van der Waals surface area contributed by atoms with Gasteiger partial charge in [0, 0.05) is 14.2 Å². The van der Waals surface area contributed by atoms with E-state index in [0.29, 0.717) is 6.42 Å². The highest BCUT2D eigenvalue weighted by atomic mass is 16.7. The Hall–Kier alpha value is -1.39. The molecule has 1 rings (SSSR count). The highest BCUT2D eigenvalue weighted by Crippen LogP contribution is 2.08. The van der Waals surface area contributed by atoms with E-state index in [9.17, 15) is 4.79 Å². The number of hydrogen-bond acceptors (Lipinski definition) is 3. The van der Waals surface area contributed by atoms with Crippen LogP contribution in [0.4, 0.5) is 0 Å². The fraction of sp³-hybridized carbons (Fsp3) is 0.500. The second kappa shape index (κ2) is 7.13. The Morgan fingerprint density at radius 3 is 2.44 bits per heavy atom. The van der Waals surface area contributed by atoms with Crippen LogP contribution in [0.15, 0.2) is 24.3 Å². The Labute approximate surface area is 108 Å². The third-order valence-electron chi connectivity index (χ3n) is 2.87. The van der Waals surface area contributed by atoms with E-state index < -0.39 is 6.29 Å². The lowest BCUT2D eigenvalue weighted by molar-refractivity contribution is -0.135. The summed E-state index contributed by atoms with van der Waals surface area (Å²) in [5.74, 6) is -0.0316. The van der Waals surface area contributed by atoms with Gasteiger partial charge < -0.3 is 14.8 Å². The Morgan fingerprint density at radius 1 is 1.28 bits per heavy atom. The maximum atomic E-state index is 11.9. The molecule has 1 aromatic rings. The Bertz CT molecular complexity index is 388. The fourth-order valence-corrected chi connectivity index (χ4v) is 1.86. The highest BCUT2D eigenvalue weighted by Gasteiger charge is 2.18. The summed E-state index contributed by atoms with van der Waals surface area (Å²) in [5, 5.41) is 2.87. The molecule has 4 heteroatoms. The van der Waals surface area contributed by atoms with Gasteiger partial charge in [-0.2, -0.15) is 0 Å². The van der Waals surface area contributed by atoms with Gasteiger partial charge in [0.05, 0.1) is 12.5 Å². The molecule has 0 fully saturated rings. The normalized spacial score (nSPS) is 12.5. The van der Waals surface area contributed by atoms with Crippen molar-refractivity contribution in [3.8, 4) is 0 Å². The zero-order chi connectivity index (χ0) is 13.5. The van der Waals surface area contributed by atoms with E-state index in [0.717, 1.165) is 11.1 Å². The summed E-state index contributed by atoms with van der Waals surface area (Å²) >= 11 is 0. The minimum absolute atomic E-state index is 0.0316. The Kier molecular flexibility index (Phi) is 5.82. The zero-order valence-corrected chi connectivity index (χ0v) is 11.4. The lowest BCUT2D eigenvalue weighted by Gasteiger charge is -2.22. The molecule has 0 spiro atoms. The molecule has 1 unspecified atom stereocenters. The molecule has 0 bridgehead atoms. The minimum atomic E-state index is -0.425. The molecular formula is C14H21NO3. The van der Waals surface area contributed by atoms with Gasteiger partial charge in [-0.05, 0) is 25.0 Å². The molecule has 1 atom stereocenters. The van der Waals surface area contributed by atoms with E-state index in [4.69, 9.17) is 9.47 Å². The van der Waals surface area contributed by atoms with Crippen molar-refractivity contribution in [1.82, 2.24) is 5.32 Å². The van der Waals surface area contributed by atoms with E-state index in [1.165, 1.54) is 0 Å². The summed E-state index contributed by atoms with van der Waals surface area (Å²) < 4.78 is 10.2. The van der Waals surface area contributed by atoms with Crippen molar-refractivity contribution < 1.29 is 14.3 Å². The van der Waals surface area contributed by atoms with Crippen LogP contribution in [0.25, 0.3) is 0 Å². The van der Waals surface area contributed by atoms with Crippen LogP contribution < -0.4 is 5.32 Å². The first kappa shape index (κ1) is 14.7. The maximum absolute atomic E-state index is 11.9. The zero-order valence-electron chi connectivity index (χ0n) is 11.4. The fourth-order valence-electron chi connectivity index (χ4n) is 1.86. The molecule has 0 aliphatic rings. The standard InChI is InChI=1S/C14H21NO3/c1-10-7-5-6-8-12(10)9-13(16)15-11(2)14(17-3)18-4/h5-8,11,14H,9H2,1-4H3,(H,15,16). The summed E-state index contributed by atoms with van der Waals surface area (Å²) in [6.45, 7) is 3.85. The molecule has 1 N–H and O–H groups in total. The van der Waals surface area contributed by atoms with Crippen molar-refractivity contribution in [2.75, 3.05) is 14.2 Å². The average molecular weight is 251 g/mol. The molecule has 0 radical (unpaired) electrons. The first-order valence-electron chi connectivity index (χ1n) is 5.98. The molecular weight excluding hydrogens is 230 g/mol. The topological polar surface area (TPSA) is 47.6 Å². The van der Waals surface area contributed by atoms with Gasteiger partial charge in [0.15, 0.2) is 6.29 Å². The Balaban J connectivity index is 2.54. The second-order valence-corrected chi connectivity index (χ2v) is 4.30. The summed E-state index contributed by atoms with van der Waals surface area (Å²) in [5.41, 5.74) is 2.16. The SMILES string of the molecule is COC(OC)C(C)NC(=O)Cc1ccccc1C. The van der Waals surface area contributed by atoms with E-state index in [1.807, 2.05) is 38.1 Å². The first-order valence-corrected chi connectivity index (χ1v) is 5.98. The van der Waals surface area contributed by atoms with Crippen LogP contribution in [0.2, 0.25) is 0 Å². The van der Waals surface area contributed by atoms with Crippen molar-refractivity contribution in [1.29, 1.82) is 0 Å². The highest BCUT2D eigenvalue weighted by molar-refractivity contribution is 5.79. The van der Waals surface area contributed by atoms with Crippen LogP contribution in [0.5, 0.6) is 0 Å². The van der Waals surface area contributed by atoms with Crippen molar-refractivity contribution in [2.45, 2.75) is 32.6 Å². The predicted octanol–water partition coefficient (Wildman–Crippen LogP) is 1.66. The van der Waals surface area contributed by atoms with Crippen LogP contribution in [-0.2, 0) is 20.7 Å². The number of ether oxygens (including phenoxy) is 2. The van der Waals surface area contributed by atoms with Gasteiger partial charge in [0.2, 0.25) is 5.91 Å². The van der Waals surface area contributed by atoms with Crippen LogP contribution in [0.3, 0.4) is 0 Å². The summed E-state index contributed by atoms with van der Waals surface area (Å²) in [6.07, 6.45) is -0.0530. The molecule has 100 valence electrons. The van der Waals surface area contributed by atoms with Crippen LogP contribution in [0, 0.1) is 6.92 Å². The number of benzene rings is 1. The van der Waals surface area contributed by atoms with Crippen molar-refractivity contribution in [3.05, 3.63) is 35.4 Å². The molecule has 18 heavy (non-hydrogen) atoms. The number of rotatable bonds is 6. The van der Waals surface area contributed by atoms with Crippen LogP contribution in [-0.4, -0.2) is 32.5 Å². The van der Waals surface area contributed by atoms with E-state index in [2.05, 4.69) is 5.32 Å². The molecule has 4 nitrogen and oxygen atoms in total. The maximum Gasteiger partial charge on any atom is 0.224 e. The van der Waals surface area contributed by atoms with Gasteiger partial charge in [0.25, 0.3) is 0 Å². The number of carbonyl (C=O) groups is 1. The average Bonchev–Trinajstić information content (AvgIpc) is 2.33. The third-order valence-corrected chi connectivity index (χ3v) is 2.87. The number of amides is 1. The molecule has 0 saturated heterocycles. The lowest BCUT2D eigenvalue weighted by atomic mass is 10.1. The third kappa shape index (κ3) is 4.13.